The summed E-state index contributed by atoms with van der Waals surface area (Å²) in [5.41, 5.74) is 1.19. The van der Waals surface area contributed by atoms with Crippen LogP contribution in [0.25, 0.3) is 0 Å². The van der Waals surface area contributed by atoms with Gasteiger partial charge in [-0.25, -0.2) is 0 Å². The maximum Gasteiger partial charge on any atom is 0.546 e. The molecule has 3 heteroatoms. The quantitative estimate of drug-likeness (QED) is 0.713. The molecule has 1 aromatic carbocycles. The second kappa shape index (κ2) is 3.79. The Morgan fingerprint density at radius 3 is 2.08 bits per heavy atom. The Hall–Kier alpha value is -0.720. The lowest BCUT2D eigenvalue weighted by atomic mass is 10.0. The van der Waals surface area contributed by atoms with Crippen molar-refractivity contribution in [2.45, 2.75) is 19.8 Å². The fraction of sp³-hybridized carbons (Fsp3) is 0.333. The van der Waals surface area contributed by atoms with Crippen molar-refractivity contribution < 1.29 is 9.46 Å². The van der Waals surface area contributed by atoms with Crippen LogP contribution in [0.1, 0.15) is 25.3 Å². The molecule has 1 N–H and O–H groups in total. The molecule has 0 spiro atoms. The Labute approximate surface area is 73.1 Å². The number of benzene rings is 1. The fourth-order valence-corrected chi connectivity index (χ4v) is 1.39. The second-order valence-corrected chi connectivity index (χ2v) is 4.08. The van der Waals surface area contributed by atoms with Gasteiger partial charge in [-0.15, -0.1) is 0 Å². The van der Waals surface area contributed by atoms with Crippen molar-refractivity contribution in [2.75, 3.05) is 0 Å². The topological polar surface area (TPSA) is 37.3 Å². The Kier molecular flexibility index (Phi) is 2.96. The van der Waals surface area contributed by atoms with E-state index in [2.05, 4.69) is 13.8 Å². The molecule has 0 bridgehead atoms. The highest BCUT2D eigenvalue weighted by Gasteiger charge is 2.14. The SMILES string of the molecule is CC(C)c1ccc([P+](=O)O)cc1. The van der Waals surface area contributed by atoms with Gasteiger partial charge in [0.15, 0.2) is 0 Å². The van der Waals surface area contributed by atoms with Crippen LogP contribution in [0.3, 0.4) is 0 Å². The normalized spacial score (nSPS) is 11.8. The summed E-state index contributed by atoms with van der Waals surface area (Å²) in [6.45, 7) is 4.18. The zero-order valence-corrected chi connectivity index (χ0v) is 8.08. The predicted octanol–water partition coefficient (Wildman–Crippen LogP) is 2.17. The fourth-order valence-electron chi connectivity index (χ4n) is 0.987. The maximum absolute atomic E-state index is 10.6. The lowest BCUT2D eigenvalue weighted by Gasteiger charge is -2.02. The molecule has 1 atom stereocenters. The third-order valence-corrected chi connectivity index (χ3v) is 2.52. The van der Waals surface area contributed by atoms with E-state index in [1.165, 1.54) is 5.56 Å². The van der Waals surface area contributed by atoms with Crippen LogP contribution in [0.4, 0.5) is 0 Å². The third-order valence-electron chi connectivity index (χ3n) is 1.78. The molecule has 0 aliphatic rings. The van der Waals surface area contributed by atoms with E-state index >= 15 is 0 Å². The van der Waals surface area contributed by atoms with E-state index in [9.17, 15) is 4.57 Å². The Balaban J connectivity index is 2.93. The van der Waals surface area contributed by atoms with E-state index < -0.39 is 8.03 Å². The molecule has 0 aromatic heterocycles. The molecule has 0 saturated heterocycles. The molecule has 1 unspecified atom stereocenters. The van der Waals surface area contributed by atoms with Gasteiger partial charge in [-0.1, -0.05) is 26.0 Å². The van der Waals surface area contributed by atoms with Crippen molar-refractivity contribution in [3.05, 3.63) is 29.8 Å². The minimum absolute atomic E-state index is 0.468. The van der Waals surface area contributed by atoms with E-state index in [0.29, 0.717) is 11.2 Å². The maximum atomic E-state index is 10.6. The Morgan fingerprint density at radius 1 is 1.25 bits per heavy atom. The zero-order valence-electron chi connectivity index (χ0n) is 7.19. The van der Waals surface area contributed by atoms with Gasteiger partial charge in [0.2, 0.25) is 5.30 Å². The molecule has 1 aromatic rings. The van der Waals surface area contributed by atoms with Crippen molar-refractivity contribution in [1.29, 1.82) is 0 Å². The van der Waals surface area contributed by atoms with Crippen LogP contribution >= 0.6 is 8.03 Å². The Bertz CT molecular complexity index is 277. The standard InChI is InChI=1S/C9H11O2P/c1-7(2)8-3-5-9(6-4-8)12(10)11/h3-7H,1-2H3/p+1. The smallest absolute Gasteiger partial charge is 0.156 e. The highest BCUT2D eigenvalue weighted by Crippen LogP contribution is 2.17. The first-order valence-electron chi connectivity index (χ1n) is 3.87. The molecule has 0 saturated carbocycles. The van der Waals surface area contributed by atoms with Crippen molar-refractivity contribution in [3.63, 3.8) is 0 Å². The van der Waals surface area contributed by atoms with Crippen LogP contribution in [0.5, 0.6) is 0 Å². The van der Waals surface area contributed by atoms with Crippen LogP contribution in [-0.4, -0.2) is 4.89 Å². The predicted molar refractivity (Wildman–Crippen MR) is 50.0 cm³/mol. The number of hydrogen-bond donors (Lipinski definition) is 1. The summed E-state index contributed by atoms with van der Waals surface area (Å²) in [6, 6.07) is 7.19. The van der Waals surface area contributed by atoms with E-state index in [1.807, 2.05) is 12.1 Å². The molecular formula is C9H12O2P+. The van der Waals surface area contributed by atoms with Crippen LogP contribution in [0.15, 0.2) is 24.3 Å². The van der Waals surface area contributed by atoms with E-state index in [4.69, 9.17) is 4.89 Å². The van der Waals surface area contributed by atoms with Crippen molar-refractivity contribution in [3.8, 4) is 0 Å². The van der Waals surface area contributed by atoms with Crippen molar-refractivity contribution in [2.24, 2.45) is 0 Å². The average molecular weight is 183 g/mol. The highest BCUT2D eigenvalue weighted by molar-refractivity contribution is 7.47. The zero-order chi connectivity index (χ0) is 9.14. The molecule has 0 amide bonds. The van der Waals surface area contributed by atoms with Crippen LogP contribution < -0.4 is 5.30 Å². The largest absolute Gasteiger partial charge is 0.546 e. The van der Waals surface area contributed by atoms with Gasteiger partial charge >= 0.3 is 8.03 Å². The van der Waals surface area contributed by atoms with Gasteiger partial charge in [0.25, 0.3) is 0 Å². The first kappa shape index (κ1) is 9.37. The van der Waals surface area contributed by atoms with Crippen LogP contribution in [0.2, 0.25) is 0 Å². The van der Waals surface area contributed by atoms with Gasteiger partial charge < -0.3 is 0 Å². The lowest BCUT2D eigenvalue weighted by Crippen LogP contribution is -1.96. The molecular weight excluding hydrogens is 171 g/mol. The molecule has 0 heterocycles. The van der Waals surface area contributed by atoms with Gasteiger partial charge in [0.1, 0.15) is 0 Å². The van der Waals surface area contributed by atoms with Crippen LogP contribution in [0, 0.1) is 0 Å². The molecule has 0 fully saturated rings. The number of rotatable bonds is 2. The van der Waals surface area contributed by atoms with Crippen molar-refractivity contribution >= 4 is 13.3 Å². The summed E-state index contributed by atoms with van der Waals surface area (Å²) < 4.78 is 10.6. The summed E-state index contributed by atoms with van der Waals surface area (Å²) in [5, 5.41) is 0.495. The van der Waals surface area contributed by atoms with Gasteiger partial charge in [-0.3, -0.25) is 0 Å². The molecule has 2 nitrogen and oxygen atoms in total. The summed E-state index contributed by atoms with van der Waals surface area (Å²) in [6.07, 6.45) is 0. The van der Waals surface area contributed by atoms with E-state index in [0.717, 1.165) is 0 Å². The minimum atomic E-state index is -2.18. The van der Waals surface area contributed by atoms with Gasteiger partial charge in [-0.2, -0.15) is 4.89 Å². The number of hydrogen-bond acceptors (Lipinski definition) is 1. The van der Waals surface area contributed by atoms with E-state index in [1.54, 1.807) is 12.1 Å². The lowest BCUT2D eigenvalue weighted by molar-refractivity contribution is 0.513. The summed E-state index contributed by atoms with van der Waals surface area (Å²) >= 11 is 0. The van der Waals surface area contributed by atoms with Crippen LogP contribution in [-0.2, 0) is 4.57 Å². The van der Waals surface area contributed by atoms with Crippen molar-refractivity contribution in [1.82, 2.24) is 0 Å². The molecule has 1 rings (SSSR count). The summed E-state index contributed by atoms with van der Waals surface area (Å²) in [4.78, 5) is 8.76. The monoisotopic (exact) mass is 183 g/mol. The average Bonchev–Trinajstić information content (AvgIpc) is 2.04. The third kappa shape index (κ3) is 2.13. The highest BCUT2D eigenvalue weighted by atomic mass is 31.1. The van der Waals surface area contributed by atoms with Gasteiger partial charge in [-0.05, 0) is 28.2 Å². The Morgan fingerprint density at radius 2 is 1.75 bits per heavy atom. The summed E-state index contributed by atoms with van der Waals surface area (Å²) in [7, 11) is -2.18. The molecule has 64 valence electrons. The molecule has 0 aliphatic heterocycles. The van der Waals surface area contributed by atoms with E-state index in [-0.39, 0.29) is 0 Å². The van der Waals surface area contributed by atoms with Gasteiger partial charge in [0.05, 0.1) is 0 Å². The second-order valence-electron chi connectivity index (χ2n) is 3.02. The molecule has 12 heavy (non-hydrogen) atoms. The first-order chi connectivity index (χ1) is 5.61. The summed E-state index contributed by atoms with van der Waals surface area (Å²) in [5.74, 6) is 0.468. The molecule has 0 radical (unpaired) electrons. The minimum Gasteiger partial charge on any atom is -0.156 e. The van der Waals surface area contributed by atoms with Gasteiger partial charge in [0, 0.05) is 0 Å². The first-order valence-corrected chi connectivity index (χ1v) is 5.08. The molecule has 0 aliphatic carbocycles.